The van der Waals surface area contributed by atoms with E-state index in [4.69, 9.17) is 22.9 Å². The van der Waals surface area contributed by atoms with Crippen LogP contribution in [0, 0.1) is 5.82 Å². The Balaban J connectivity index is 3.02. The van der Waals surface area contributed by atoms with Crippen LogP contribution in [0.25, 0.3) is 10.4 Å². The van der Waals surface area contributed by atoms with Crippen molar-refractivity contribution < 1.29 is 14.6 Å². The molecule has 0 heterocycles. The molecule has 0 aliphatic carbocycles. The van der Waals surface area contributed by atoms with E-state index >= 15 is 0 Å². The van der Waals surface area contributed by atoms with Crippen LogP contribution in [-0.4, -0.2) is 22.9 Å². The lowest BCUT2D eigenvalue weighted by molar-refractivity contribution is 0.0247. The molecule has 0 aliphatic rings. The maximum atomic E-state index is 13.1. The second-order valence-corrected chi connectivity index (χ2v) is 3.72. The highest BCUT2D eigenvalue weighted by Crippen LogP contribution is 2.30. The highest BCUT2D eigenvalue weighted by atomic mass is 35.5. The number of nitrogen functional groups attached to an aromatic ring is 1. The third-order valence-corrected chi connectivity index (χ3v) is 2.45. The van der Waals surface area contributed by atoms with Crippen LogP contribution in [0.1, 0.15) is 11.7 Å². The molecule has 4 N–H and O–H groups in total. The van der Waals surface area contributed by atoms with Crippen LogP contribution < -0.4 is 5.73 Å². The normalized spacial score (nSPS) is 13.9. The van der Waals surface area contributed by atoms with E-state index in [1.165, 1.54) is 0 Å². The largest absolute Gasteiger partial charge is 0.397 e. The summed E-state index contributed by atoms with van der Waals surface area (Å²) in [5.41, 5.74) is 13.5. The summed E-state index contributed by atoms with van der Waals surface area (Å²) in [5.74, 6) is -0.686. The van der Waals surface area contributed by atoms with Crippen molar-refractivity contribution in [1.29, 1.82) is 0 Å². The average molecular weight is 261 g/mol. The molecule has 8 heteroatoms. The third kappa shape index (κ3) is 3.21. The van der Waals surface area contributed by atoms with Gasteiger partial charge in [-0.05, 0) is 17.7 Å². The molecule has 0 aromatic heterocycles. The maximum absolute atomic E-state index is 13.1. The van der Waals surface area contributed by atoms with Gasteiger partial charge in [0.25, 0.3) is 0 Å². The number of aliphatic hydroxyl groups is 2. The van der Waals surface area contributed by atoms with Crippen molar-refractivity contribution in [2.75, 3.05) is 12.3 Å². The molecule has 2 unspecified atom stereocenters. The Hall–Kier alpha value is -1.53. The molecule has 1 aromatic carbocycles. The van der Waals surface area contributed by atoms with Gasteiger partial charge >= 0.3 is 0 Å². The van der Waals surface area contributed by atoms with Crippen LogP contribution in [0.3, 0.4) is 0 Å². The number of nitrogens with two attached hydrogens (primary N) is 1. The lowest BCUT2D eigenvalue weighted by atomic mass is 10.0. The first-order valence-electron chi connectivity index (χ1n) is 4.58. The van der Waals surface area contributed by atoms with E-state index in [-0.39, 0.29) is 22.8 Å². The van der Waals surface area contributed by atoms with Crippen LogP contribution in [0.15, 0.2) is 17.2 Å². The van der Waals surface area contributed by atoms with E-state index in [1.807, 2.05) is 0 Å². The number of aliphatic hydroxyl groups excluding tert-OH is 2. The van der Waals surface area contributed by atoms with Gasteiger partial charge in [-0.3, -0.25) is 0 Å². The summed E-state index contributed by atoms with van der Waals surface area (Å²) in [5, 5.41) is 22.2. The van der Waals surface area contributed by atoms with E-state index < -0.39 is 18.0 Å². The minimum atomic E-state index is -1.48. The van der Waals surface area contributed by atoms with E-state index in [0.717, 1.165) is 12.1 Å². The number of azide groups is 1. The van der Waals surface area contributed by atoms with Gasteiger partial charge in [0.05, 0.1) is 23.4 Å². The number of halogens is 2. The Morgan fingerprint density at radius 3 is 2.76 bits per heavy atom. The molecule has 0 fully saturated rings. The van der Waals surface area contributed by atoms with Gasteiger partial charge in [0.2, 0.25) is 0 Å². The Bertz CT molecular complexity index is 465. The lowest BCUT2D eigenvalue weighted by Crippen LogP contribution is -2.22. The minimum Gasteiger partial charge on any atom is -0.397 e. The Morgan fingerprint density at radius 1 is 1.53 bits per heavy atom. The molecule has 0 aliphatic heterocycles. The summed E-state index contributed by atoms with van der Waals surface area (Å²) in [6, 6.07) is 1.96. The van der Waals surface area contributed by atoms with Crippen LogP contribution in [0.5, 0.6) is 0 Å². The first-order valence-corrected chi connectivity index (χ1v) is 4.96. The molecule has 2 atom stereocenters. The fraction of sp³-hybridized carbons (Fsp3) is 0.333. The van der Waals surface area contributed by atoms with Crippen molar-refractivity contribution in [1.82, 2.24) is 0 Å². The topological polar surface area (TPSA) is 115 Å². The van der Waals surface area contributed by atoms with Gasteiger partial charge < -0.3 is 15.9 Å². The zero-order valence-corrected chi connectivity index (χ0v) is 9.34. The van der Waals surface area contributed by atoms with Crippen molar-refractivity contribution in [3.05, 3.63) is 39.0 Å². The van der Waals surface area contributed by atoms with Crippen LogP contribution in [-0.2, 0) is 0 Å². The number of benzene rings is 1. The number of anilines is 1. The fourth-order valence-electron chi connectivity index (χ4n) is 1.28. The van der Waals surface area contributed by atoms with Gasteiger partial charge in [0.1, 0.15) is 11.9 Å². The van der Waals surface area contributed by atoms with Gasteiger partial charge in [-0.25, -0.2) is 4.39 Å². The average Bonchev–Trinajstić information content (AvgIpc) is 2.29. The van der Waals surface area contributed by atoms with Crippen molar-refractivity contribution in [3.63, 3.8) is 0 Å². The zero-order chi connectivity index (χ0) is 13.0. The maximum Gasteiger partial charge on any atom is 0.125 e. The summed E-state index contributed by atoms with van der Waals surface area (Å²) in [6.07, 6.45) is -2.86. The van der Waals surface area contributed by atoms with E-state index in [2.05, 4.69) is 10.0 Å². The highest BCUT2D eigenvalue weighted by molar-refractivity contribution is 6.33. The monoisotopic (exact) mass is 260 g/mol. The number of nitrogens with zero attached hydrogens (tertiary/aromatic N) is 3. The number of rotatable bonds is 4. The molecule has 1 rings (SSSR count). The highest BCUT2D eigenvalue weighted by Gasteiger charge is 2.21. The molecule has 0 radical (unpaired) electrons. The van der Waals surface area contributed by atoms with Crippen LogP contribution in [0.4, 0.5) is 10.1 Å². The summed E-state index contributed by atoms with van der Waals surface area (Å²) >= 11 is 5.63. The fourth-order valence-corrected chi connectivity index (χ4v) is 1.49. The zero-order valence-electron chi connectivity index (χ0n) is 8.59. The van der Waals surface area contributed by atoms with Crippen molar-refractivity contribution in [2.45, 2.75) is 12.2 Å². The molecular formula is C9H10ClFN4O2. The molecule has 17 heavy (non-hydrogen) atoms. The molecular weight excluding hydrogens is 251 g/mol. The molecule has 0 bridgehead atoms. The van der Waals surface area contributed by atoms with Gasteiger partial charge in [-0.1, -0.05) is 16.7 Å². The quantitative estimate of drug-likeness (QED) is 0.331. The predicted octanol–water partition coefficient (Wildman–Crippen LogP) is 1.77. The molecule has 6 nitrogen and oxygen atoms in total. The smallest absolute Gasteiger partial charge is 0.125 e. The Morgan fingerprint density at radius 2 is 2.18 bits per heavy atom. The predicted molar refractivity (Wildman–Crippen MR) is 60.8 cm³/mol. The number of hydrogen-bond acceptors (Lipinski definition) is 4. The van der Waals surface area contributed by atoms with Gasteiger partial charge in [0.15, 0.2) is 0 Å². The van der Waals surface area contributed by atoms with E-state index in [0.29, 0.717) is 0 Å². The SMILES string of the molecule is [N-]=[N+]=NCC(O)C(O)c1cc(F)cc(Cl)c1N. The summed E-state index contributed by atoms with van der Waals surface area (Å²) in [7, 11) is 0. The summed E-state index contributed by atoms with van der Waals surface area (Å²) in [4.78, 5) is 2.43. The van der Waals surface area contributed by atoms with Gasteiger partial charge in [-0.2, -0.15) is 0 Å². The van der Waals surface area contributed by atoms with Crippen LogP contribution >= 0.6 is 11.6 Å². The molecule has 0 saturated heterocycles. The Labute approximate surface area is 101 Å². The van der Waals surface area contributed by atoms with Crippen LogP contribution in [0.2, 0.25) is 5.02 Å². The van der Waals surface area contributed by atoms with Crippen molar-refractivity contribution in [3.8, 4) is 0 Å². The first kappa shape index (κ1) is 13.5. The molecule has 0 saturated carbocycles. The summed E-state index contributed by atoms with van der Waals surface area (Å²) < 4.78 is 13.1. The minimum absolute atomic E-state index is 0.0273. The standard InChI is InChI=1S/C9H10ClFN4O2/c10-6-2-4(11)1-5(8(6)12)9(17)7(16)3-14-15-13/h1-2,7,9,16-17H,3,12H2. The first-order chi connectivity index (χ1) is 7.97. The van der Waals surface area contributed by atoms with E-state index in [9.17, 15) is 14.6 Å². The van der Waals surface area contributed by atoms with Crippen molar-refractivity contribution >= 4 is 17.3 Å². The third-order valence-electron chi connectivity index (χ3n) is 2.14. The molecule has 92 valence electrons. The second kappa shape index (κ2) is 5.70. The lowest BCUT2D eigenvalue weighted by Gasteiger charge is -2.18. The second-order valence-electron chi connectivity index (χ2n) is 3.32. The molecule has 1 aromatic rings. The van der Waals surface area contributed by atoms with Crippen molar-refractivity contribution in [2.24, 2.45) is 5.11 Å². The van der Waals surface area contributed by atoms with E-state index in [1.54, 1.807) is 0 Å². The Kier molecular flexibility index (Phi) is 4.53. The molecule has 0 amide bonds. The number of hydrogen-bond donors (Lipinski definition) is 3. The van der Waals surface area contributed by atoms with Gasteiger partial charge in [-0.15, -0.1) is 0 Å². The molecule has 0 spiro atoms. The van der Waals surface area contributed by atoms with Gasteiger partial charge in [0, 0.05) is 10.5 Å². The summed E-state index contributed by atoms with van der Waals surface area (Å²) in [6.45, 7) is -0.356.